The smallest absolute Gasteiger partial charge is 0.323 e. The van der Waals surface area contributed by atoms with Crippen molar-refractivity contribution in [2.45, 2.75) is 12.8 Å². The molecule has 1 amide bonds. The Hall–Kier alpha value is -3.54. The van der Waals surface area contributed by atoms with Gasteiger partial charge in [-0.05, 0) is 36.1 Å². The molecule has 3 N–H and O–H groups in total. The molecule has 1 heterocycles. The van der Waals surface area contributed by atoms with Gasteiger partial charge >= 0.3 is 5.69 Å². The number of anilines is 1. The summed E-state index contributed by atoms with van der Waals surface area (Å²) in [5.41, 5.74) is 1.76. The fourth-order valence-electron chi connectivity index (χ4n) is 3.07. The van der Waals surface area contributed by atoms with E-state index >= 15 is 0 Å². The highest BCUT2D eigenvalue weighted by atomic mass is 16.5. The quantitative estimate of drug-likeness (QED) is 0.457. The van der Waals surface area contributed by atoms with Crippen LogP contribution in [-0.4, -0.2) is 22.5 Å². The van der Waals surface area contributed by atoms with Crippen molar-refractivity contribution in [2.75, 3.05) is 11.9 Å². The summed E-state index contributed by atoms with van der Waals surface area (Å²) in [5.74, 6) is 0.740. The first-order chi connectivity index (χ1) is 13.2. The van der Waals surface area contributed by atoms with E-state index in [-0.39, 0.29) is 11.6 Å². The molecule has 0 aliphatic rings. The SMILES string of the molecule is O=C(CCCOc1cccc2ccccc12)Nc1ccc2[nH]c(=O)[nH]c2c1. The first-order valence-corrected chi connectivity index (χ1v) is 8.81. The van der Waals surface area contributed by atoms with Gasteiger partial charge in [0.2, 0.25) is 5.91 Å². The molecule has 3 aromatic carbocycles. The number of benzene rings is 3. The van der Waals surface area contributed by atoms with Gasteiger partial charge in [-0.3, -0.25) is 4.79 Å². The average molecular weight is 361 g/mol. The molecule has 6 nitrogen and oxygen atoms in total. The van der Waals surface area contributed by atoms with Crippen LogP contribution in [0.2, 0.25) is 0 Å². The maximum absolute atomic E-state index is 12.1. The monoisotopic (exact) mass is 361 g/mol. The summed E-state index contributed by atoms with van der Waals surface area (Å²) in [6, 6.07) is 19.3. The molecule has 0 spiro atoms. The Balaban J connectivity index is 1.30. The van der Waals surface area contributed by atoms with Gasteiger partial charge in [-0.25, -0.2) is 4.79 Å². The van der Waals surface area contributed by atoms with Crippen LogP contribution in [0.5, 0.6) is 5.75 Å². The zero-order chi connectivity index (χ0) is 18.6. The zero-order valence-electron chi connectivity index (χ0n) is 14.6. The number of ether oxygens (including phenoxy) is 1. The fraction of sp³-hybridized carbons (Fsp3) is 0.143. The van der Waals surface area contributed by atoms with Gasteiger partial charge in [-0.15, -0.1) is 0 Å². The summed E-state index contributed by atoms with van der Waals surface area (Å²) < 4.78 is 5.86. The number of carbonyl (C=O) groups is 1. The van der Waals surface area contributed by atoms with E-state index in [1.54, 1.807) is 18.2 Å². The second kappa shape index (κ2) is 7.37. The fourth-order valence-corrected chi connectivity index (χ4v) is 3.07. The Morgan fingerprint density at radius 2 is 1.78 bits per heavy atom. The number of aromatic nitrogens is 2. The number of hydrogen-bond donors (Lipinski definition) is 3. The molecule has 0 aliphatic heterocycles. The van der Waals surface area contributed by atoms with Crippen LogP contribution in [0.15, 0.2) is 65.5 Å². The molecule has 0 radical (unpaired) electrons. The minimum absolute atomic E-state index is 0.0891. The Kier molecular flexibility index (Phi) is 4.61. The highest BCUT2D eigenvalue weighted by molar-refractivity contribution is 5.93. The third-order valence-electron chi connectivity index (χ3n) is 4.36. The third kappa shape index (κ3) is 3.84. The molecule has 1 aromatic heterocycles. The van der Waals surface area contributed by atoms with E-state index in [4.69, 9.17) is 4.74 Å². The number of hydrogen-bond acceptors (Lipinski definition) is 3. The summed E-state index contributed by atoms with van der Waals surface area (Å²) in [6.07, 6.45) is 0.963. The zero-order valence-corrected chi connectivity index (χ0v) is 14.6. The van der Waals surface area contributed by atoms with Gasteiger partial charge < -0.3 is 20.0 Å². The standard InChI is InChI=1S/C21H19N3O3/c25-20(22-15-10-11-17-18(13-15)24-21(26)23-17)9-4-12-27-19-8-3-6-14-5-1-2-7-16(14)19/h1-3,5-8,10-11,13H,4,9,12H2,(H,22,25)(H2,23,24,26). The maximum Gasteiger partial charge on any atom is 0.323 e. The number of imidazole rings is 1. The molecule has 0 unspecified atom stereocenters. The minimum Gasteiger partial charge on any atom is -0.493 e. The number of amides is 1. The lowest BCUT2D eigenvalue weighted by Crippen LogP contribution is -2.12. The summed E-state index contributed by atoms with van der Waals surface area (Å²) in [5, 5.41) is 5.04. The first kappa shape index (κ1) is 16.9. The topological polar surface area (TPSA) is 87.0 Å². The summed E-state index contributed by atoms with van der Waals surface area (Å²) in [4.78, 5) is 28.8. The molecule has 0 saturated heterocycles. The van der Waals surface area contributed by atoms with Crippen LogP contribution in [0.4, 0.5) is 5.69 Å². The van der Waals surface area contributed by atoms with Crippen LogP contribution < -0.4 is 15.7 Å². The third-order valence-corrected chi connectivity index (χ3v) is 4.36. The number of H-pyrrole nitrogens is 2. The molecule has 136 valence electrons. The van der Waals surface area contributed by atoms with Crippen molar-refractivity contribution in [2.24, 2.45) is 0 Å². The van der Waals surface area contributed by atoms with Crippen LogP contribution in [-0.2, 0) is 4.79 Å². The largest absolute Gasteiger partial charge is 0.493 e. The predicted molar refractivity (Wildman–Crippen MR) is 106 cm³/mol. The number of rotatable bonds is 6. The van der Waals surface area contributed by atoms with Crippen molar-refractivity contribution in [3.05, 3.63) is 71.1 Å². The summed E-state index contributed by atoms with van der Waals surface area (Å²) >= 11 is 0. The van der Waals surface area contributed by atoms with Crippen LogP contribution >= 0.6 is 0 Å². The molecule has 0 fully saturated rings. The maximum atomic E-state index is 12.1. The van der Waals surface area contributed by atoms with Gasteiger partial charge in [0.25, 0.3) is 0 Å². The number of aromatic amines is 2. The average Bonchev–Trinajstić information content (AvgIpc) is 3.04. The molecule has 4 aromatic rings. The highest BCUT2D eigenvalue weighted by Gasteiger charge is 2.06. The molecule has 4 rings (SSSR count). The highest BCUT2D eigenvalue weighted by Crippen LogP contribution is 2.25. The van der Waals surface area contributed by atoms with Crippen LogP contribution in [0.25, 0.3) is 21.8 Å². The molecule has 0 saturated carbocycles. The van der Waals surface area contributed by atoms with Crippen LogP contribution in [0.1, 0.15) is 12.8 Å². The second-order valence-corrected chi connectivity index (χ2v) is 6.32. The molecular formula is C21H19N3O3. The van der Waals surface area contributed by atoms with Gasteiger partial charge in [-0.2, -0.15) is 0 Å². The van der Waals surface area contributed by atoms with Gasteiger partial charge in [-0.1, -0.05) is 36.4 Å². The number of carbonyl (C=O) groups excluding carboxylic acids is 1. The van der Waals surface area contributed by atoms with Gasteiger partial charge in [0.1, 0.15) is 5.75 Å². The van der Waals surface area contributed by atoms with E-state index < -0.39 is 0 Å². The number of nitrogens with one attached hydrogen (secondary N) is 3. The van der Waals surface area contributed by atoms with Crippen LogP contribution in [0.3, 0.4) is 0 Å². The van der Waals surface area contributed by atoms with Crippen molar-refractivity contribution in [1.82, 2.24) is 9.97 Å². The molecule has 27 heavy (non-hydrogen) atoms. The van der Waals surface area contributed by atoms with Crippen molar-refractivity contribution in [3.63, 3.8) is 0 Å². The lowest BCUT2D eigenvalue weighted by Gasteiger charge is -2.09. The molecular weight excluding hydrogens is 342 g/mol. The van der Waals surface area contributed by atoms with Crippen molar-refractivity contribution in [3.8, 4) is 5.75 Å². The lowest BCUT2D eigenvalue weighted by atomic mass is 10.1. The van der Waals surface area contributed by atoms with E-state index in [1.807, 2.05) is 42.5 Å². The normalized spacial score (nSPS) is 11.0. The molecule has 0 bridgehead atoms. The lowest BCUT2D eigenvalue weighted by molar-refractivity contribution is -0.116. The van der Waals surface area contributed by atoms with Gasteiger partial charge in [0.15, 0.2) is 0 Å². The molecule has 0 atom stereocenters. The first-order valence-electron chi connectivity index (χ1n) is 8.81. The van der Waals surface area contributed by atoms with Gasteiger partial charge in [0, 0.05) is 17.5 Å². The molecule has 6 heteroatoms. The second-order valence-electron chi connectivity index (χ2n) is 6.32. The molecule has 0 aliphatic carbocycles. The van der Waals surface area contributed by atoms with Gasteiger partial charge in [0.05, 0.1) is 17.6 Å². The van der Waals surface area contributed by atoms with E-state index in [9.17, 15) is 9.59 Å². The summed E-state index contributed by atoms with van der Waals surface area (Å²) in [6.45, 7) is 0.464. The van der Waals surface area contributed by atoms with E-state index in [0.717, 1.165) is 16.5 Å². The Morgan fingerprint density at radius 3 is 2.70 bits per heavy atom. The van der Waals surface area contributed by atoms with Crippen molar-refractivity contribution >= 4 is 33.4 Å². The Labute approximate surface area is 155 Å². The van der Waals surface area contributed by atoms with E-state index in [2.05, 4.69) is 15.3 Å². The number of fused-ring (bicyclic) bond motifs is 2. The van der Waals surface area contributed by atoms with Crippen LogP contribution in [0, 0.1) is 0 Å². The Bertz CT molecular complexity index is 1150. The summed E-state index contributed by atoms with van der Waals surface area (Å²) in [7, 11) is 0. The van der Waals surface area contributed by atoms with E-state index in [0.29, 0.717) is 36.2 Å². The predicted octanol–water partition coefficient (Wildman–Crippen LogP) is 3.81. The van der Waals surface area contributed by atoms with Crippen molar-refractivity contribution < 1.29 is 9.53 Å². The van der Waals surface area contributed by atoms with E-state index in [1.165, 1.54) is 0 Å². The Morgan fingerprint density at radius 1 is 0.963 bits per heavy atom. The minimum atomic E-state index is -0.265. The van der Waals surface area contributed by atoms with Crippen molar-refractivity contribution in [1.29, 1.82) is 0 Å².